The standard InChI is InChI=1S/C9H7BrN2O2/c1-14-8(13)3-2-6-4-7(10)5-12-9(6)11/h4-5H,1H3,(H2,11,12). The molecule has 2 N–H and O–H groups in total. The fourth-order valence-corrected chi connectivity index (χ4v) is 1.05. The predicted molar refractivity (Wildman–Crippen MR) is 55.2 cm³/mol. The number of carbonyl (C=O) groups excluding carboxylic acids is 1. The maximum absolute atomic E-state index is 10.7. The van der Waals surface area contributed by atoms with E-state index in [9.17, 15) is 4.79 Å². The predicted octanol–water partition coefficient (Wildman–Crippen LogP) is 0.951. The van der Waals surface area contributed by atoms with Crippen LogP contribution in [0.15, 0.2) is 16.7 Å². The number of hydrogen-bond donors (Lipinski definition) is 1. The Morgan fingerprint density at radius 2 is 2.43 bits per heavy atom. The molecule has 0 saturated heterocycles. The molecule has 72 valence electrons. The van der Waals surface area contributed by atoms with Gasteiger partial charge in [0.25, 0.3) is 0 Å². The van der Waals surface area contributed by atoms with Gasteiger partial charge in [0.15, 0.2) is 0 Å². The Bertz CT molecular complexity index is 421. The molecule has 14 heavy (non-hydrogen) atoms. The number of pyridine rings is 1. The van der Waals surface area contributed by atoms with Crippen molar-refractivity contribution in [2.75, 3.05) is 12.8 Å². The molecule has 0 atom stereocenters. The number of nitrogen functional groups attached to an aromatic ring is 1. The summed E-state index contributed by atoms with van der Waals surface area (Å²) in [5.41, 5.74) is 6.02. The zero-order valence-electron chi connectivity index (χ0n) is 7.37. The normalized spacial score (nSPS) is 8.71. The van der Waals surface area contributed by atoms with Gasteiger partial charge in [-0.15, -0.1) is 0 Å². The van der Waals surface area contributed by atoms with Crippen molar-refractivity contribution >= 4 is 27.7 Å². The Hall–Kier alpha value is -1.54. The van der Waals surface area contributed by atoms with E-state index in [1.807, 2.05) is 0 Å². The van der Waals surface area contributed by atoms with Crippen LogP contribution in [0.5, 0.6) is 0 Å². The van der Waals surface area contributed by atoms with Crippen LogP contribution in [0.3, 0.4) is 0 Å². The molecule has 0 aliphatic heterocycles. The monoisotopic (exact) mass is 254 g/mol. The summed E-state index contributed by atoms with van der Waals surface area (Å²) in [6.45, 7) is 0. The Morgan fingerprint density at radius 1 is 1.71 bits per heavy atom. The lowest BCUT2D eigenvalue weighted by molar-refractivity contribution is -0.133. The third-order valence-electron chi connectivity index (χ3n) is 1.37. The number of hydrogen-bond acceptors (Lipinski definition) is 4. The van der Waals surface area contributed by atoms with Gasteiger partial charge >= 0.3 is 5.97 Å². The van der Waals surface area contributed by atoms with Gasteiger partial charge in [-0.2, -0.15) is 0 Å². The lowest BCUT2D eigenvalue weighted by atomic mass is 10.2. The van der Waals surface area contributed by atoms with E-state index in [1.165, 1.54) is 7.11 Å². The molecule has 1 rings (SSSR count). The second-order valence-corrected chi connectivity index (χ2v) is 3.24. The fourth-order valence-electron chi connectivity index (χ4n) is 0.719. The van der Waals surface area contributed by atoms with E-state index >= 15 is 0 Å². The summed E-state index contributed by atoms with van der Waals surface area (Å²) in [7, 11) is 1.26. The maximum atomic E-state index is 10.7. The molecule has 0 fully saturated rings. The van der Waals surface area contributed by atoms with Crippen LogP contribution in [0.4, 0.5) is 5.82 Å². The first kappa shape index (κ1) is 10.5. The average molecular weight is 255 g/mol. The summed E-state index contributed by atoms with van der Waals surface area (Å²) in [5.74, 6) is 4.50. The number of carbonyl (C=O) groups is 1. The van der Waals surface area contributed by atoms with E-state index < -0.39 is 5.97 Å². The highest BCUT2D eigenvalue weighted by Gasteiger charge is 1.98. The van der Waals surface area contributed by atoms with Gasteiger partial charge in [-0.25, -0.2) is 9.78 Å². The van der Waals surface area contributed by atoms with Gasteiger partial charge in [0.05, 0.1) is 12.7 Å². The SMILES string of the molecule is COC(=O)C#Cc1cc(Br)cnc1N. The number of nitrogens with two attached hydrogens (primary N) is 1. The zero-order chi connectivity index (χ0) is 10.6. The Morgan fingerprint density at radius 3 is 3.07 bits per heavy atom. The summed E-state index contributed by atoms with van der Waals surface area (Å²) in [5, 5.41) is 0. The van der Waals surface area contributed by atoms with Crippen molar-refractivity contribution in [3.63, 3.8) is 0 Å². The minimum absolute atomic E-state index is 0.282. The molecular formula is C9H7BrN2O2. The Kier molecular flexibility index (Phi) is 3.48. The summed E-state index contributed by atoms with van der Waals surface area (Å²) in [6.07, 6.45) is 1.55. The highest BCUT2D eigenvalue weighted by atomic mass is 79.9. The van der Waals surface area contributed by atoms with Crippen molar-refractivity contribution in [1.82, 2.24) is 4.98 Å². The lowest BCUT2D eigenvalue weighted by Crippen LogP contribution is -1.97. The average Bonchev–Trinajstić information content (AvgIpc) is 2.19. The third-order valence-corrected chi connectivity index (χ3v) is 1.80. The van der Waals surface area contributed by atoms with E-state index in [-0.39, 0.29) is 5.82 Å². The first-order valence-electron chi connectivity index (χ1n) is 3.64. The van der Waals surface area contributed by atoms with Gasteiger partial charge in [-0.05, 0) is 22.0 Å². The summed E-state index contributed by atoms with van der Waals surface area (Å²) in [6, 6.07) is 1.68. The number of rotatable bonds is 0. The second kappa shape index (κ2) is 4.63. The molecular weight excluding hydrogens is 248 g/mol. The molecule has 0 unspecified atom stereocenters. The van der Waals surface area contributed by atoms with E-state index in [4.69, 9.17) is 5.73 Å². The van der Waals surface area contributed by atoms with Crippen molar-refractivity contribution in [3.05, 3.63) is 22.3 Å². The zero-order valence-corrected chi connectivity index (χ0v) is 8.96. The number of aromatic nitrogens is 1. The first-order chi connectivity index (χ1) is 6.63. The van der Waals surface area contributed by atoms with Crippen LogP contribution < -0.4 is 5.73 Å². The van der Waals surface area contributed by atoms with E-state index in [0.29, 0.717) is 5.56 Å². The van der Waals surface area contributed by atoms with Crippen LogP contribution in [0.25, 0.3) is 0 Å². The fraction of sp³-hybridized carbons (Fsp3) is 0.111. The molecule has 0 radical (unpaired) electrons. The molecule has 4 nitrogen and oxygen atoms in total. The summed E-state index contributed by atoms with van der Waals surface area (Å²) < 4.78 is 5.11. The topological polar surface area (TPSA) is 65.2 Å². The molecule has 0 aromatic carbocycles. The molecule has 0 spiro atoms. The molecule has 1 aromatic rings. The number of halogens is 1. The maximum Gasteiger partial charge on any atom is 0.384 e. The van der Waals surface area contributed by atoms with E-state index in [2.05, 4.69) is 37.5 Å². The molecule has 0 saturated carbocycles. The molecule has 0 aliphatic carbocycles. The molecule has 0 bridgehead atoms. The van der Waals surface area contributed by atoms with Gasteiger partial charge in [0.1, 0.15) is 5.82 Å². The Balaban J connectivity index is 3.00. The number of nitrogens with zero attached hydrogens (tertiary/aromatic N) is 1. The summed E-state index contributed by atoms with van der Waals surface area (Å²) in [4.78, 5) is 14.6. The van der Waals surface area contributed by atoms with Gasteiger partial charge in [0, 0.05) is 16.6 Å². The van der Waals surface area contributed by atoms with Crippen LogP contribution in [-0.4, -0.2) is 18.1 Å². The Labute approximate surface area is 89.6 Å². The number of methoxy groups -OCH3 is 1. The number of anilines is 1. The van der Waals surface area contributed by atoms with Crippen molar-refractivity contribution < 1.29 is 9.53 Å². The van der Waals surface area contributed by atoms with Crippen molar-refractivity contribution in [2.45, 2.75) is 0 Å². The molecule has 1 heterocycles. The van der Waals surface area contributed by atoms with Crippen LogP contribution in [0, 0.1) is 11.8 Å². The number of ether oxygens (including phenoxy) is 1. The number of esters is 1. The summed E-state index contributed by atoms with van der Waals surface area (Å²) >= 11 is 3.22. The quantitative estimate of drug-likeness (QED) is 0.553. The third kappa shape index (κ3) is 2.75. The van der Waals surface area contributed by atoms with E-state index in [1.54, 1.807) is 12.3 Å². The molecule has 0 aliphatic rings. The van der Waals surface area contributed by atoms with Crippen LogP contribution in [-0.2, 0) is 9.53 Å². The minimum atomic E-state index is -0.607. The van der Waals surface area contributed by atoms with Crippen molar-refractivity contribution in [3.8, 4) is 11.8 Å². The van der Waals surface area contributed by atoms with Gasteiger partial charge in [-0.3, -0.25) is 0 Å². The first-order valence-corrected chi connectivity index (χ1v) is 4.43. The highest BCUT2D eigenvalue weighted by molar-refractivity contribution is 9.10. The highest BCUT2D eigenvalue weighted by Crippen LogP contribution is 2.13. The largest absolute Gasteiger partial charge is 0.459 e. The van der Waals surface area contributed by atoms with Gasteiger partial charge in [-0.1, -0.05) is 5.92 Å². The lowest BCUT2D eigenvalue weighted by Gasteiger charge is -1.96. The molecule has 0 amide bonds. The molecule has 5 heteroatoms. The van der Waals surface area contributed by atoms with Crippen molar-refractivity contribution in [2.24, 2.45) is 0 Å². The van der Waals surface area contributed by atoms with Crippen LogP contribution >= 0.6 is 15.9 Å². The smallest absolute Gasteiger partial charge is 0.384 e. The minimum Gasteiger partial charge on any atom is -0.459 e. The van der Waals surface area contributed by atoms with Crippen molar-refractivity contribution in [1.29, 1.82) is 0 Å². The van der Waals surface area contributed by atoms with E-state index in [0.717, 1.165) is 4.47 Å². The molecule has 1 aromatic heterocycles. The van der Waals surface area contributed by atoms with Crippen LogP contribution in [0.2, 0.25) is 0 Å². The second-order valence-electron chi connectivity index (χ2n) is 2.33. The van der Waals surface area contributed by atoms with Gasteiger partial charge < -0.3 is 10.5 Å². The van der Waals surface area contributed by atoms with Crippen LogP contribution in [0.1, 0.15) is 5.56 Å². The van der Waals surface area contributed by atoms with Gasteiger partial charge in [0.2, 0.25) is 0 Å².